The third-order valence-electron chi connectivity index (χ3n) is 2.90. The zero-order chi connectivity index (χ0) is 15.2. The molecule has 5 heteroatoms. The number of nitrogens with two attached hydrogens (primary N) is 1. The summed E-state index contributed by atoms with van der Waals surface area (Å²) in [6.45, 7) is 3.63. The first kappa shape index (κ1) is 15.8. The van der Waals surface area contributed by atoms with E-state index in [4.69, 9.17) is 5.73 Å². The molecule has 2 rings (SSSR count). The van der Waals surface area contributed by atoms with Crippen molar-refractivity contribution in [2.45, 2.75) is 20.3 Å². The van der Waals surface area contributed by atoms with Gasteiger partial charge in [-0.05, 0) is 18.9 Å². The van der Waals surface area contributed by atoms with E-state index in [2.05, 4.69) is 41.4 Å². The molecule has 2 N–H and O–H groups in total. The Labute approximate surface area is 133 Å². The molecule has 0 aliphatic rings. The van der Waals surface area contributed by atoms with Gasteiger partial charge in [0, 0.05) is 23.1 Å². The number of hydrogen-bond donors (Lipinski definition) is 1. The summed E-state index contributed by atoms with van der Waals surface area (Å²) in [5.41, 5.74) is 8.93. The number of carbonyl (C=O) groups is 1. The molecule has 2 aromatic rings. The Kier molecular flexibility index (Phi) is 5.59. The maximum Gasteiger partial charge on any atom is 0.185 e. The molecule has 0 amide bonds. The highest BCUT2D eigenvalue weighted by Gasteiger charge is 2.07. The topological polar surface area (TPSA) is 56.0 Å². The first-order chi connectivity index (χ1) is 10.1. The van der Waals surface area contributed by atoms with Crippen LogP contribution in [-0.2, 0) is 4.79 Å². The van der Waals surface area contributed by atoms with Crippen LogP contribution in [0.25, 0.3) is 17.3 Å². The summed E-state index contributed by atoms with van der Waals surface area (Å²) in [6, 6.07) is 8.26. The summed E-state index contributed by atoms with van der Waals surface area (Å²) in [5.74, 6) is 0.835. The van der Waals surface area contributed by atoms with Crippen LogP contribution in [0.3, 0.4) is 0 Å². The van der Waals surface area contributed by atoms with Crippen LogP contribution in [0.15, 0.2) is 30.3 Å². The highest BCUT2D eigenvalue weighted by atomic mass is 32.2. The van der Waals surface area contributed by atoms with E-state index in [0.717, 1.165) is 33.9 Å². The second-order valence-corrected chi connectivity index (χ2v) is 7.12. The molecular formula is C16H18N2OS2. The average molecular weight is 318 g/mol. The molecule has 21 heavy (non-hydrogen) atoms. The second-order valence-electron chi connectivity index (χ2n) is 4.61. The fraction of sp³-hybridized carbons (Fsp3) is 0.250. The molecule has 1 aromatic carbocycles. The van der Waals surface area contributed by atoms with Crippen LogP contribution in [0.2, 0.25) is 0 Å². The number of aromatic nitrogens is 1. The van der Waals surface area contributed by atoms with Gasteiger partial charge in [0.15, 0.2) is 10.2 Å². The Morgan fingerprint density at radius 2 is 2.10 bits per heavy atom. The van der Waals surface area contributed by atoms with Crippen LogP contribution < -0.4 is 5.73 Å². The largest absolute Gasteiger partial charge is 0.375 e. The van der Waals surface area contributed by atoms with Gasteiger partial charge in [0.2, 0.25) is 0 Å². The van der Waals surface area contributed by atoms with Crippen LogP contribution in [-0.4, -0.2) is 15.9 Å². The minimum Gasteiger partial charge on any atom is -0.375 e. The Morgan fingerprint density at radius 1 is 1.38 bits per heavy atom. The number of carbonyl (C=O) groups excluding carboxylic acids is 1. The molecular weight excluding hydrogens is 300 g/mol. The van der Waals surface area contributed by atoms with Gasteiger partial charge in [-0.1, -0.05) is 48.2 Å². The molecule has 0 bridgehead atoms. The SMILES string of the molecule is CC(=O)SCCC=Cc1ccc(-c2nc(N)sc2C)cc1. The summed E-state index contributed by atoms with van der Waals surface area (Å²) >= 11 is 2.87. The van der Waals surface area contributed by atoms with Gasteiger partial charge in [-0.2, -0.15) is 0 Å². The summed E-state index contributed by atoms with van der Waals surface area (Å²) < 4.78 is 0. The molecule has 0 saturated carbocycles. The minimum atomic E-state index is 0.172. The molecule has 0 spiro atoms. The number of hydrogen-bond acceptors (Lipinski definition) is 5. The number of rotatable bonds is 5. The highest BCUT2D eigenvalue weighted by Crippen LogP contribution is 2.28. The molecule has 0 saturated heterocycles. The third kappa shape index (κ3) is 4.72. The van der Waals surface area contributed by atoms with Crippen LogP contribution in [0, 0.1) is 6.92 Å². The first-order valence-corrected chi connectivity index (χ1v) is 8.49. The van der Waals surface area contributed by atoms with Crippen molar-refractivity contribution in [2.24, 2.45) is 0 Å². The van der Waals surface area contributed by atoms with Crippen LogP contribution in [0.5, 0.6) is 0 Å². The van der Waals surface area contributed by atoms with Gasteiger partial charge in [0.05, 0.1) is 5.69 Å². The quantitative estimate of drug-likeness (QED) is 0.831. The fourth-order valence-electron chi connectivity index (χ4n) is 1.93. The van der Waals surface area contributed by atoms with E-state index in [1.165, 1.54) is 23.1 Å². The van der Waals surface area contributed by atoms with Crippen molar-refractivity contribution in [3.8, 4) is 11.3 Å². The van der Waals surface area contributed by atoms with Crippen molar-refractivity contribution in [3.05, 3.63) is 40.8 Å². The number of nitrogen functional groups attached to an aromatic ring is 1. The Morgan fingerprint density at radius 3 is 2.67 bits per heavy atom. The molecule has 0 aliphatic carbocycles. The number of benzene rings is 1. The van der Waals surface area contributed by atoms with Crippen molar-refractivity contribution < 1.29 is 4.79 Å². The van der Waals surface area contributed by atoms with E-state index in [9.17, 15) is 4.79 Å². The lowest BCUT2D eigenvalue weighted by Crippen LogP contribution is -1.85. The smallest absolute Gasteiger partial charge is 0.185 e. The predicted molar refractivity (Wildman–Crippen MR) is 93.5 cm³/mol. The molecule has 1 heterocycles. The van der Waals surface area contributed by atoms with Gasteiger partial charge >= 0.3 is 0 Å². The van der Waals surface area contributed by atoms with E-state index in [0.29, 0.717) is 5.13 Å². The molecule has 0 fully saturated rings. The monoisotopic (exact) mass is 318 g/mol. The number of allylic oxidation sites excluding steroid dienone is 1. The van der Waals surface area contributed by atoms with E-state index >= 15 is 0 Å². The van der Waals surface area contributed by atoms with Crippen molar-refractivity contribution in [2.75, 3.05) is 11.5 Å². The summed E-state index contributed by atoms with van der Waals surface area (Å²) in [5, 5.41) is 0.778. The molecule has 0 unspecified atom stereocenters. The zero-order valence-corrected chi connectivity index (χ0v) is 13.8. The van der Waals surface area contributed by atoms with Crippen molar-refractivity contribution in [1.29, 1.82) is 0 Å². The molecule has 0 aliphatic heterocycles. The van der Waals surface area contributed by atoms with Gasteiger partial charge in [-0.15, -0.1) is 11.3 Å². The third-order valence-corrected chi connectivity index (χ3v) is 4.54. The molecule has 0 atom stereocenters. The van der Waals surface area contributed by atoms with Gasteiger partial charge in [-0.3, -0.25) is 4.79 Å². The van der Waals surface area contributed by atoms with Gasteiger partial charge in [-0.25, -0.2) is 4.98 Å². The van der Waals surface area contributed by atoms with Crippen molar-refractivity contribution in [3.63, 3.8) is 0 Å². The van der Waals surface area contributed by atoms with Gasteiger partial charge < -0.3 is 5.73 Å². The van der Waals surface area contributed by atoms with Crippen LogP contribution in [0.1, 0.15) is 23.8 Å². The standard InChI is InChI=1S/C16H18N2OS2/c1-11-15(18-16(17)21-11)14-8-6-13(7-9-14)5-3-4-10-20-12(2)19/h3,5-9H,4,10H2,1-2H3,(H2,17,18). The molecule has 3 nitrogen and oxygen atoms in total. The van der Waals surface area contributed by atoms with Crippen molar-refractivity contribution >= 4 is 39.4 Å². The number of thioether (sulfide) groups is 1. The number of anilines is 1. The minimum absolute atomic E-state index is 0.172. The Hall–Kier alpha value is -1.59. The number of aryl methyl sites for hydroxylation is 1. The van der Waals surface area contributed by atoms with E-state index in [1.807, 2.05) is 6.92 Å². The zero-order valence-electron chi connectivity index (χ0n) is 12.1. The van der Waals surface area contributed by atoms with E-state index in [-0.39, 0.29) is 5.12 Å². The second kappa shape index (κ2) is 7.43. The van der Waals surface area contributed by atoms with Crippen LogP contribution >= 0.6 is 23.1 Å². The summed E-state index contributed by atoms with van der Waals surface area (Å²) in [4.78, 5) is 16.3. The van der Waals surface area contributed by atoms with Gasteiger partial charge in [0.1, 0.15) is 0 Å². The van der Waals surface area contributed by atoms with Crippen LogP contribution in [0.4, 0.5) is 5.13 Å². The maximum atomic E-state index is 10.8. The molecule has 110 valence electrons. The lowest BCUT2D eigenvalue weighted by Gasteiger charge is -2.00. The fourth-order valence-corrected chi connectivity index (χ4v) is 3.18. The Bertz CT molecular complexity index is 645. The highest BCUT2D eigenvalue weighted by molar-refractivity contribution is 8.13. The maximum absolute atomic E-state index is 10.8. The molecule has 1 aromatic heterocycles. The first-order valence-electron chi connectivity index (χ1n) is 6.69. The number of nitrogens with zero attached hydrogens (tertiary/aromatic N) is 1. The summed E-state index contributed by atoms with van der Waals surface area (Å²) in [6.07, 6.45) is 5.07. The summed E-state index contributed by atoms with van der Waals surface area (Å²) in [7, 11) is 0. The normalized spacial score (nSPS) is 11.1. The Balaban J connectivity index is 1.97. The van der Waals surface area contributed by atoms with E-state index in [1.54, 1.807) is 6.92 Å². The van der Waals surface area contributed by atoms with Gasteiger partial charge in [0.25, 0.3) is 0 Å². The number of thiazole rings is 1. The molecule has 0 radical (unpaired) electrons. The lowest BCUT2D eigenvalue weighted by molar-refractivity contribution is -0.109. The average Bonchev–Trinajstić information content (AvgIpc) is 2.78. The van der Waals surface area contributed by atoms with E-state index < -0.39 is 0 Å². The van der Waals surface area contributed by atoms with Crippen molar-refractivity contribution in [1.82, 2.24) is 4.98 Å². The lowest BCUT2D eigenvalue weighted by atomic mass is 10.1. The predicted octanol–water partition coefficient (Wildman–Crippen LogP) is 4.38.